The number of unbranched alkanes of at least 4 members (excludes halogenated alkanes) is 15. The Morgan fingerprint density at radius 3 is 1.58 bits per heavy atom. The van der Waals surface area contributed by atoms with Crippen LogP contribution in [0.5, 0.6) is 0 Å². The van der Waals surface area contributed by atoms with E-state index in [-0.39, 0.29) is 0 Å². The van der Waals surface area contributed by atoms with Gasteiger partial charge in [-0.3, -0.25) is 0 Å². The van der Waals surface area contributed by atoms with Gasteiger partial charge in [-0.25, -0.2) is 0 Å². The molecule has 0 aliphatic heterocycles. The van der Waals surface area contributed by atoms with Gasteiger partial charge in [0.1, 0.15) is 0 Å². The van der Waals surface area contributed by atoms with Crippen LogP contribution in [-0.2, 0) is 0 Å². The molecule has 0 amide bonds. The molecular weight excluding hydrogens is 374 g/mol. The highest BCUT2D eigenvalue weighted by atomic mass is 15.0. The average molecular weight is 436 g/mol. The second-order valence-electron chi connectivity index (χ2n) is 10.9. The van der Waals surface area contributed by atoms with Crippen molar-refractivity contribution in [1.82, 2.24) is 5.32 Å². The lowest BCUT2D eigenvalue weighted by molar-refractivity contribution is 0.119. The highest BCUT2D eigenvalue weighted by Gasteiger charge is 2.38. The molecule has 1 rings (SSSR count). The molecule has 1 fully saturated rings. The molecule has 1 heteroatoms. The average Bonchev–Trinajstić information content (AvgIpc) is 2.78. The van der Waals surface area contributed by atoms with Crippen LogP contribution >= 0.6 is 0 Å². The third-order valence-electron chi connectivity index (χ3n) is 8.05. The number of hydrogen-bond acceptors (Lipinski definition) is 1. The van der Waals surface area contributed by atoms with Crippen molar-refractivity contribution in [2.75, 3.05) is 6.54 Å². The van der Waals surface area contributed by atoms with E-state index in [4.69, 9.17) is 0 Å². The standard InChI is InChI=1S/C30H61N/c1-4-7-8-9-10-11-12-13-14-15-16-17-18-19-20-23-28-31-30(26-6-3)27-22-21-25-29(30)24-5-2/h29,31H,4-28H2,1-3H3. The monoisotopic (exact) mass is 435 g/mol. The summed E-state index contributed by atoms with van der Waals surface area (Å²) >= 11 is 0. The first-order valence-electron chi connectivity index (χ1n) is 15.0. The van der Waals surface area contributed by atoms with Gasteiger partial charge in [0.25, 0.3) is 0 Å². The zero-order chi connectivity index (χ0) is 22.5. The van der Waals surface area contributed by atoms with Crippen molar-refractivity contribution in [3.63, 3.8) is 0 Å². The van der Waals surface area contributed by atoms with Crippen LogP contribution < -0.4 is 5.32 Å². The maximum absolute atomic E-state index is 4.12. The first-order valence-corrected chi connectivity index (χ1v) is 15.0. The van der Waals surface area contributed by atoms with Crippen LogP contribution in [0.4, 0.5) is 0 Å². The maximum Gasteiger partial charge on any atom is 0.0209 e. The predicted molar refractivity (Wildman–Crippen MR) is 142 cm³/mol. The summed E-state index contributed by atoms with van der Waals surface area (Å²) < 4.78 is 0. The van der Waals surface area contributed by atoms with E-state index < -0.39 is 0 Å². The predicted octanol–water partition coefficient (Wildman–Crippen LogP) is 10.4. The van der Waals surface area contributed by atoms with Gasteiger partial charge in [0, 0.05) is 5.54 Å². The summed E-state index contributed by atoms with van der Waals surface area (Å²) in [6, 6.07) is 0. The Bertz CT molecular complexity index is 359. The molecule has 186 valence electrons. The molecule has 1 aliphatic rings. The Hall–Kier alpha value is -0.0400. The zero-order valence-corrected chi connectivity index (χ0v) is 22.3. The summed E-state index contributed by atoms with van der Waals surface area (Å²) in [5.74, 6) is 0.937. The van der Waals surface area contributed by atoms with Crippen molar-refractivity contribution in [2.45, 2.75) is 180 Å². The number of rotatable bonds is 22. The van der Waals surface area contributed by atoms with Crippen molar-refractivity contribution in [1.29, 1.82) is 0 Å². The van der Waals surface area contributed by atoms with Gasteiger partial charge in [-0.05, 0) is 44.6 Å². The van der Waals surface area contributed by atoms with Crippen LogP contribution in [0.3, 0.4) is 0 Å². The molecular formula is C30H61N. The molecule has 0 saturated heterocycles. The summed E-state index contributed by atoms with van der Waals surface area (Å²) in [6.45, 7) is 8.33. The van der Waals surface area contributed by atoms with E-state index in [0.29, 0.717) is 5.54 Å². The topological polar surface area (TPSA) is 12.0 Å². The van der Waals surface area contributed by atoms with Gasteiger partial charge >= 0.3 is 0 Å². The van der Waals surface area contributed by atoms with Crippen LogP contribution in [-0.4, -0.2) is 12.1 Å². The molecule has 0 radical (unpaired) electrons. The highest BCUT2D eigenvalue weighted by molar-refractivity contribution is 4.96. The minimum Gasteiger partial charge on any atom is -0.311 e. The van der Waals surface area contributed by atoms with Crippen LogP contribution in [0.2, 0.25) is 0 Å². The lowest BCUT2D eigenvalue weighted by Crippen LogP contribution is -2.53. The summed E-state index contributed by atoms with van der Waals surface area (Å²) in [7, 11) is 0. The van der Waals surface area contributed by atoms with Gasteiger partial charge in [0.15, 0.2) is 0 Å². The molecule has 1 aliphatic carbocycles. The molecule has 0 bridgehead atoms. The molecule has 1 nitrogen and oxygen atoms in total. The number of nitrogens with one attached hydrogen (secondary N) is 1. The lowest BCUT2D eigenvalue weighted by atomic mass is 9.68. The smallest absolute Gasteiger partial charge is 0.0209 e. The van der Waals surface area contributed by atoms with E-state index in [0.717, 1.165) is 5.92 Å². The normalized spacial score (nSPS) is 21.6. The third kappa shape index (κ3) is 14.0. The maximum atomic E-state index is 4.12. The van der Waals surface area contributed by atoms with Crippen LogP contribution in [0.25, 0.3) is 0 Å². The van der Waals surface area contributed by atoms with Crippen LogP contribution in [0.1, 0.15) is 175 Å². The van der Waals surface area contributed by atoms with Gasteiger partial charge in [0.2, 0.25) is 0 Å². The lowest BCUT2D eigenvalue weighted by Gasteiger charge is -2.46. The quantitative estimate of drug-likeness (QED) is 0.167. The highest BCUT2D eigenvalue weighted by Crippen LogP contribution is 2.39. The first kappa shape index (κ1) is 29.0. The Balaban J connectivity index is 1.94. The molecule has 0 spiro atoms. The minimum atomic E-state index is 0.485. The van der Waals surface area contributed by atoms with Crippen LogP contribution in [0.15, 0.2) is 0 Å². The third-order valence-corrected chi connectivity index (χ3v) is 8.05. The van der Waals surface area contributed by atoms with E-state index in [1.807, 2.05) is 0 Å². The molecule has 0 aromatic carbocycles. The van der Waals surface area contributed by atoms with Crippen molar-refractivity contribution >= 4 is 0 Å². The second-order valence-corrected chi connectivity index (χ2v) is 10.9. The first-order chi connectivity index (χ1) is 15.3. The Morgan fingerprint density at radius 2 is 1.10 bits per heavy atom. The minimum absolute atomic E-state index is 0.485. The fourth-order valence-corrected chi connectivity index (χ4v) is 6.19. The molecule has 2 atom stereocenters. The zero-order valence-electron chi connectivity index (χ0n) is 22.3. The summed E-state index contributed by atoms with van der Waals surface area (Å²) in [5, 5.41) is 4.12. The van der Waals surface area contributed by atoms with E-state index in [2.05, 4.69) is 26.1 Å². The summed E-state index contributed by atoms with van der Waals surface area (Å²) in [6.07, 6.45) is 34.7. The van der Waals surface area contributed by atoms with Gasteiger partial charge in [0.05, 0.1) is 0 Å². The molecule has 31 heavy (non-hydrogen) atoms. The van der Waals surface area contributed by atoms with Crippen molar-refractivity contribution in [2.24, 2.45) is 5.92 Å². The molecule has 0 aromatic rings. The molecule has 1 saturated carbocycles. The van der Waals surface area contributed by atoms with E-state index in [1.165, 1.54) is 161 Å². The van der Waals surface area contributed by atoms with E-state index in [9.17, 15) is 0 Å². The molecule has 2 unspecified atom stereocenters. The summed E-state index contributed by atoms with van der Waals surface area (Å²) in [4.78, 5) is 0. The SMILES string of the molecule is CCCCCCCCCCCCCCCCCCNC1(CCC)CCCCC1CCC. The van der Waals surface area contributed by atoms with Crippen LogP contribution in [0, 0.1) is 5.92 Å². The van der Waals surface area contributed by atoms with Gasteiger partial charge in [-0.1, -0.05) is 143 Å². The molecule has 1 N–H and O–H groups in total. The molecule has 0 aromatic heterocycles. The van der Waals surface area contributed by atoms with Gasteiger partial charge in [-0.2, -0.15) is 0 Å². The Morgan fingerprint density at radius 1 is 0.581 bits per heavy atom. The fraction of sp³-hybridized carbons (Fsp3) is 1.00. The largest absolute Gasteiger partial charge is 0.311 e. The van der Waals surface area contributed by atoms with Crippen molar-refractivity contribution in [3.05, 3.63) is 0 Å². The van der Waals surface area contributed by atoms with Gasteiger partial charge < -0.3 is 5.32 Å². The number of hydrogen-bond donors (Lipinski definition) is 1. The fourth-order valence-electron chi connectivity index (χ4n) is 6.19. The van der Waals surface area contributed by atoms with E-state index >= 15 is 0 Å². The van der Waals surface area contributed by atoms with Gasteiger partial charge in [-0.15, -0.1) is 0 Å². The molecule has 0 heterocycles. The van der Waals surface area contributed by atoms with E-state index in [1.54, 1.807) is 0 Å². The second kappa shape index (κ2) is 20.6. The van der Waals surface area contributed by atoms with Crippen molar-refractivity contribution < 1.29 is 0 Å². The summed E-state index contributed by atoms with van der Waals surface area (Å²) in [5.41, 5.74) is 0.485. The Kier molecular flexibility index (Phi) is 19.2. The van der Waals surface area contributed by atoms with Crippen molar-refractivity contribution in [3.8, 4) is 0 Å². The Labute approximate surface area is 198 Å².